The molecule has 0 bridgehead atoms. The van der Waals surface area contributed by atoms with Gasteiger partial charge >= 0.3 is 0 Å². The van der Waals surface area contributed by atoms with Gasteiger partial charge in [-0.3, -0.25) is 0 Å². The van der Waals surface area contributed by atoms with E-state index < -0.39 is 10.0 Å². The Morgan fingerprint density at radius 3 is 2.48 bits per heavy atom. The molecule has 1 fully saturated rings. The number of anilines is 1. The van der Waals surface area contributed by atoms with Crippen molar-refractivity contribution in [3.05, 3.63) is 71.5 Å². The number of benzene rings is 2. The minimum atomic E-state index is -3.48. The molecule has 152 valence electrons. The van der Waals surface area contributed by atoms with Gasteiger partial charge in [-0.05, 0) is 31.5 Å². The van der Waals surface area contributed by atoms with Gasteiger partial charge in [-0.15, -0.1) is 0 Å². The Balaban J connectivity index is 1.44. The van der Waals surface area contributed by atoms with Crippen molar-refractivity contribution < 1.29 is 8.42 Å². The maximum absolute atomic E-state index is 13.0. The Kier molecular flexibility index (Phi) is 5.67. The van der Waals surface area contributed by atoms with Crippen LogP contribution in [0.5, 0.6) is 0 Å². The molecule has 0 aliphatic carbocycles. The van der Waals surface area contributed by atoms with Crippen molar-refractivity contribution in [2.24, 2.45) is 0 Å². The Hall–Kier alpha value is -2.29. The summed E-state index contributed by atoms with van der Waals surface area (Å²) in [4.78, 5) is 7.18. The molecule has 3 aromatic rings. The molecular weight excluding hydrogens is 404 g/mol. The zero-order valence-electron chi connectivity index (χ0n) is 16.5. The smallest absolute Gasteiger partial charge is 0.243 e. The molecule has 1 aliphatic rings. The van der Waals surface area contributed by atoms with Gasteiger partial charge in [-0.25, -0.2) is 13.4 Å². The highest BCUT2D eigenvalue weighted by molar-refractivity contribution is 7.89. The molecule has 4 rings (SSSR count). The Labute approximate surface area is 176 Å². The molecule has 0 amide bonds. The fraction of sp³-hybridized carbons (Fsp3) is 0.333. The van der Waals surface area contributed by atoms with Crippen molar-refractivity contribution in [3.63, 3.8) is 0 Å². The van der Waals surface area contributed by atoms with Crippen LogP contribution in [-0.2, 0) is 16.4 Å². The van der Waals surface area contributed by atoms with Gasteiger partial charge in [0.2, 0.25) is 15.2 Å². The largest absolute Gasteiger partial charge is 0.344 e. The predicted octanol–water partition coefficient (Wildman–Crippen LogP) is 3.34. The molecule has 1 aromatic heterocycles. The summed E-state index contributed by atoms with van der Waals surface area (Å²) >= 11 is 1.38. The number of sulfonamides is 1. The van der Waals surface area contributed by atoms with Crippen molar-refractivity contribution in [2.75, 3.05) is 24.5 Å². The first-order valence-corrected chi connectivity index (χ1v) is 11.8. The van der Waals surface area contributed by atoms with E-state index >= 15 is 0 Å². The number of piperazine rings is 1. The lowest BCUT2D eigenvalue weighted by atomic mass is 10.1. The van der Waals surface area contributed by atoms with Gasteiger partial charge in [0.15, 0.2) is 0 Å². The SMILES string of the molecule is Cc1ccc(Cc2nsc(N3CCN(S(=O)(=O)c4ccccc4)C(C)C3)n2)cc1. The fourth-order valence-electron chi connectivity index (χ4n) is 3.53. The standard InChI is InChI=1S/C21H24N4O2S2/c1-16-8-10-18(11-9-16)14-20-22-21(28-23-20)24-12-13-25(17(2)15-24)29(26,27)19-6-4-3-5-7-19/h3-11,17H,12-15H2,1-2H3. The van der Waals surface area contributed by atoms with Crippen molar-refractivity contribution in [1.29, 1.82) is 0 Å². The Bertz CT molecular complexity index is 1070. The summed E-state index contributed by atoms with van der Waals surface area (Å²) in [5.41, 5.74) is 2.42. The normalized spacial score (nSPS) is 18.1. The lowest BCUT2D eigenvalue weighted by Gasteiger charge is -2.38. The van der Waals surface area contributed by atoms with Crippen LogP contribution in [-0.4, -0.2) is 47.8 Å². The zero-order chi connectivity index (χ0) is 20.4. The second-order valence-corrected chi connectivity index (χ2v) is 10.0. The van der Waals surface area contributed by atoms with E-state index in [1.807, 2.05) is 13.0 Å². The second kappa shape index (κ2) is 8.22. The highest BCUT2D eigenvalue weighted by Crippen LogP contribution is 2.26. The first kappa shape index (κ1) is 20.0. The van der Waals surface area contributed by atoms with E-state index in [0.717, 1.165) is 11.0 Å². The van der Waals surface area contributed by atoms with Crippen molar-refractivity contribution in [1.82, 2.24) is 13.7 Å². The topological polar surface area (TPSA) is 66.4 Å². The van der Waals surface area contributed by atoms with Crippen LogP contribution < -0.4 is 4.90 Å². The summed E-state index contributed by atoms with van der Waals surface area (Å²) in [5, 5.41) is 0.857. The highest BCUT2D eigenvalue weighted by Gasteiger charge is 2.34. The van der Waals surface area contributed by atoms with E-state index in [4.69, 9.17) is 4.98 Å². The molecule has 1 atom stereocenters. The third-order valence-electron chi connectivity index (χ3n) is 5.13. The number of nitrogens with zero attached hydrogens (tertiary/aromatic N) is 4. The van der Waals surface area contributed by atoms with Crippen LogP contribution in [0.15, 0.2) is 59.5 Å². The van der Waals surface area contributed by atoms with E-state index in [9.17, 15) is 8.42 Å². The van der Waals surface area contributed by atoms with Crippen LogP contribution in [0.1, 0.15) is 23.9 Å². The number of aromatic nitrogens is 2. The van der Waals surface area contributed by atoms with Crippen LogP contribution in [0.3, 0.4) is 0 Å². The molecule has 8 heteroatoms. The maximum atomic E-state index is 13.0. The Morgan fingerprint density at radius 2 is 1.79 bits per heavy atom. The molecular formula is C21H24N4O2S2. The molecule has 0 spiro atoms. The second-order valence-electron chi connectivity index (χ2n) is 7.38. The van der Waals surface area contributed by atoms with Crippen molar-refractivity contribution >= 4 is 26.7 Å². The zero-order valence-corrected chi connectivity index (χ0v) is 18.2. The first-order chi connectivity index (χ1) is 13.9. The van der Waals surface area contributed by atoms with Gasteiger partial charge in [0, 0.05) is 43.6 Å². The van der Waals surface area contributed by atoms with Gasteiger partial charge in [-0.1, -0.05) is 48.0 Å². The fourth-order valence-corrected chi connectivity index (χ4v) is 5.89. The molecule has 0 saturated carbocycles. The molecule has 1 aliphatic heterocycles. The van der Waals surface area contributed by atoms with Crippen LogP contribution in [0, 0.1) is 6.92 Å². The Morgan fingerprint density at radius 1 is 1.07 bits per heavy atom. The third kappa shape index (κ3) is 4.34. The van der Waals surface area contributed by atoms with E-state index in [2.05, 4.69) is 40.5 Å². The minimum Gasteiger partial charge on any atom is -0.344 e. The quantitative estimate of drug-likeness (QED) is 0.624. The number of rotatable bonds is 5. The number of hydrogen-bond acceptors (Lipinski definition) is 6. The van der Waals surface area contributed by atoms with Gasteiger partial charge < -0.3 is 4.90 Å². The average molecular weight is 429 g/mol. The summed E-state index contributed by atoms with van der Waals surface area (Å²) < 4.78 is 32.0. The van der Waals surface area contributed by atoms with E-state index in [1.165, 1.54) is 22.7 Å². The number of aryl methyl sites for hydroxylation is 1. The molecule has 0 N–H and O–H groups in total. The lowest BCUT2D eigenvalue weighted by Crippen LogP contribution is -2.54. The van der Waals surface area contributed by atoms with Crippen LogP contribution in [0.2, 0.25) is 0 Å². The van der Waals surface area contributed by atoms with Gasteiger partial charge in [0.05, 0.1) is 4.90 Å². The van der Waals surface area contributed by atoms with Gasteiger partial charge in [0.1, 0.15) is 5.82 Å². The highest BCUT2D eigenvalue weighted by atomic mass is 32.2. The predicted molar refractivity (Wildman–Crippen MR) is 116 cm³/mol. The van der Waals surface area contributed by atoms with Crippen LogP contribution in [0.25, 0.3) is 0 Å². The third-order valence-corrected chi connectivity index (χ3v) is 7.97. The summed E-state index contributed by atoms with van der Waals surface area (Å²) in [6, 6.07) is 16.9. The molecule has 2 heterocycles. The summed E-state index contributed by atoms with van der Waals surface area (Å²) in [7, 11) is -3.48. The van der Waals surface area contributed by atoms with Gasteiger partial charge in [0.25, 0.3) is 0 Å². The van der Waals surface area contributed by atoms with E-state index in [0.29, 0.717) is 31.0 Å². The molecule has 6 nitrogen and oxygen atoms in total. The molecule has 2 aromatic carbocycles. The van der Waals surface area contributed by atoms with Crippen molar-refractivity contribution in [2.45, 2.75) is 31.2 Å². The minimum absolute atomic E-state index is 0.140. The van der Waals surface area contributed by atoms with Gasteiger partial charge in [-0.2, -0.15) is 8.68 Å². The average Bonchev–Trinajstić information content (AvgIpc) is 3.19. The monoisotopic (exact) mass is 428 g/mol. The summed E-state index contributed by atoms with van der Waals surface area (Å²) in [5.74, 6) is 0.806. The first-order valence-electron chi connectivity index (χ1n) is 9.63. The maximum Gasteiger partial charge on any atom is 0.243 e. The molecule has 29 heavy (non-hydrogen) atoms. The van der Waals surface area contributed by atoms with E-state index in [-0.39, 0.29) is 6.04 Å². The van der Waals surface area contributed by atoms with Crippen molar-refractivity contribution in [3.8, 4) is 0 Å². The lowest BCUT2D eigenvalue weighted by molar-refractivity contribution is 0.306. The summed E-state index contributed by atoms with van der Waals surface area (Å²) in [6.07, 6.45) is 0.703. The summed E-state index contributed by atoms with van der Waals surface area (Å²) in [6.45, 7) is 5.66. The van der Waals surface area contributed by atoms with E-state index in [1.54, 1.807) is 28.6 Å². The molecule has 0 radical (unpaired) electrons. The van der Waals surface area contributed by atoms with Crippen LogP contribution >= 0.6 is 11.5 Å². The molecule has 1 unspecified atom stereocenters. The molecule has 1 saturated heterocycles. The number of hydrogen-bond donors (Lipinski definition) is 0. The van der Waals surface area contributed by atoms with Crippen LogP contribution in [0.4, 0.5) is 5.13 Å².